The number of benzene rings is 2. The first-order valence-corrected chi connectivity index (χ1v) is 11.9. The maximum atomic E-state index is 12.8. The molecule has 0 atom stereocenters. The molecule has 0 saturated carbocycles. The molecular weight excluding hydrogens is 436 g/mol. The minimum absolute atomic E-state index is 0.0187. The second kappa shape index (κ2) is 9.77. The molecule has 2 aromatic carbocycles. The van der Waals surface area contributed by atoms with Crippen LogP contribution in [0.2, 0.25) is 5.02 Å². The van der Waals surface area contributed by atoms with Crippen molar-refractivity contribution in [1.82, 2.24) is 4.98 Å². The fraction of sp³-hybridized carbons (Fsp3) is 0.217. The van der Waals surface area contributed by atoms with Gasteiger partial charge in [-0.2, -0.15) is 0 Å². The third-order valence-electron chi connectivity index (χ3n) is 3.82. The average Bonchev–Trinajstić information content (AvgIpc) is 2.69. The summed E-state index contributed by atoms with van der Waals surface area (Å²) in [6, 6.07) is 16.7. The summed E-state index contributed by atoms with van der Waals surface area (Å²) in [5.41, 5.74) is 2.13. The van der Waals surface area contributed by atoms with Gasteiger partial charge in [-0.3, -0.25) is 4.79 Å². The van der Waals surface area contributed by atoms with Crippen LogP contribution in [0.15, 0.2) is 65.7 Å². The van der Waals surface area contributed by atoms with Crippen LogP contribution in [-0.4, -0.2) is 15.6 Å². The van der Waals surface area contributed by atoms with E-state index in [1.165, 1.54) is 16.4 Å². The number of rotatable bonds is 6. The van der Waals surface area contributed by atoms with Gasteiger partial charge in [-0.1, -0.05) is 71.7 Å². The third kappa shape index (κ3) is 6.42. The van der Waals surface area contributed by atoms with Gasteiger partial charge in [0.2, 0.25) is 0 Å². The number of halogens is 1. The molecule has 0 aliphatic heterocycles. The number of amides is 1. The van der Waals surface area contributed by atoms with Gasteiger partial charge in [0.1, 0.15) is 17.2 Å². The minimum Gasteiger partial charge on any atom is -0.457 e. The molecule has 4 nitrogen and oxygen atoms in total. The van der Waals surface area contributed by atoms with Crippen LogP contribution in [0.5, 0.6) is 11.5 Å². The molecule has 0 fully saturated rings. The molecule has 0 saturated heterocycles. The molecule has 1 N–H and O–H groups in total. The Kier molecular flexibility index (Phi) is 7.34. The van der Waals surface area contributed by atoms with Crippen molar-refractivity contribution < 1.29 is 9.53 Å². The number of hydrogen-bond acceptors (Lipinski definition) is 5. The minimum atomic E-state index is -0.304. The smallest absolute Gasteiger partial charge is 0.275 e. The largest absolute Gasteiger partial charge is 0.457 e. The second-order valence-corrected chi connectivity index (χ2v) is 11.0. The maximum absolute atomic E-state index is 12.8. The molecule has 30 heavy (non-hydrogen) atoms. The molecule has 156 valence electrons. The second-order valence-electron chi connectivity index (χ2n) is 7.64. The number of ether oxygens (including phenoxy) is 1. The first-order chi connectivity index (χ1) is 14.2. The molecule has 1 heterocycles. The Bertz CT molecular complexity index is 1020. The van der Waals surface area contributed by atoms with E-state index in [4.69, 9.17) is 16.3 Å². The highest BCUT2D eigenvalue weighted by atomic mass is 35.5. The van der Waals surface area contributed by atoms with E-state index in [0.717, 1.165) is 5.75 Å². The normalized spacial score (nSPS) is 11.2. The summed E-state index contributed by atoms with van der Waals surface area (Å²) in [7, 11) is 3.10. The Morgan fingerprint density at radius 1 is 1.00 bits per heavy atom. The molecule has 0 aliphatic carbocycles. The summed E-state index contributed by atoms with van der Waals surface area (Å²) in [6.07, 6.45) is 1.54. The molecular formula is C23H23ClN2O2S2. The number of aromatic nitrogens is 1. The number of anilines is 1. The number of nitrogens with one attached hydrogen (secondary N) is 1. The van der Waals surface area contributed by atoms with Crippen LogP contribution in [0.25, 0.3) is 0 Å². The van der Waals surface area contributed by atoms with Gasteiger partial charge in [-0.15, -0.1) is 0 Å². The van der Waals surface area contributed by atoms with Gasteiger partial charge in [-0.25, -0.2) is 4.98 Å². The number of nitrogens with zero attached hydrogens (tertiary/aromatic N) is 1. The fourth-order valence-electron chi connectivity index (χ4n) is 2.37. The van der Waals surface area contributed by atoms with Gasteiger partial charge in [-0.05, 0) is 49.4 Å². The van der Waals surface area contributed by atoms with Crippen LogP contribution in [-0.2, 0) is 0 Å². The van der Waals surface area contributed by atoms with Gasteiger partial charge >= 0.3 is 0 Å². The van der Waals surface area contributed by atoms with Crippen molar-refractivity contribution in [2.45, 2.75) is 37.3 Å². The molecule has 0 bridgehead atoms. The summed E-state index contributed by atoms with van der Waals surface area (Å²) >= 11 is 6.34. The SMILES string of the molecule is Cc1ccc(Oc2ccc(NC(=O)c3nccc(Cl)c3SSC(C)(C)C)cc2)cc1. The zero-order valence-electron chi connectivity index (χ0n) is 17.2. The first kappa shape index (κ1) is 22.5. The Labute approximate surface area is 190 Å². The van der Waals surface area contributed by atoms with Crippen LogP contribution in [0.4, 0.5) is 5.69 Å². The molecule has 1 aromatic heterocycles. The lowest BCUT2D eigenvalue weighted by molar-refractivity contribution is 0.101. The Balaban J connectivity index is 1.70. The zero-order chi connectivity index (χ0) is 21.7. The Morgan fingerprint density at radius 2 is 1.60 bits per heavy atom. The van der Waals surface area contributed by atoms with Crippen molar-refractivity contribution in [3.8, 4) is 11.5 Å². The summed E-state index contributed by atoms with van der Waals surface area (Å²) in [6.45, 7) is 8.35. The van der Waals surface area contributed by atoms with Crippen LogP contribution in [0.3, 0.4) is 0 Å². The zero-order valence-corrected chi connectivity index (χ0v) is 19.6. The highest BCUT2D eigenvalue weighted by molar-refractivity contribution is 8.77. The molecule has 1 amide bonds. The fourth-order valence-corrected chi connectivity index (χ4v) is 4.98. The molecule has 3 rings (SSSR count). The number of pyridine rings is 1. The average molecular weight is 459 g/mol. The van der Waals surface area contributed by atoms with Crippen molar-refractivity contribution >= 4 is 44.8 Å². The summed E-state index contributed by atoms with van der Waals surface area (Å²) in [4.78, 5) is 17.8. The highest BCUT2D eigenvalue weighted by Gasteiger charge is 2.20. The van der Waals surface area contributed by atoms with Crippen molar-refractivity contribution in [2.75, 3.05) is 5.32 Å². The van der Waals surface area contributed by atoms with Crippen LogP contribution in [0, 0.1) is 6.92 Å². The van der Waals surface area contributed by atoms with E-state index >= 15 is 0 Å². The van der Waals surface area contributed by atoms with Crippen molar-refractivity contribution in [2.24, 2.45) is 0 Å². The van der Waals surface area contributed by atoms with E-state index in [9.17, 15) is 4.79 Å². The molecule has 0 unspecified atom stereocenters. The predicted molar refractivity (Wildman–Crippen MR) is 128 cm³/mol. The number of hydrogen-bond donors (Lipinski definition) is 1. The van der Waals surface area contributed by atoms with E-state index in [1.54, 1.807) is 35.2 Å². The van der Waals surface area contributed by atoms with E-state index in [0.29, 0.717) is 27.0 Å². The third-order valence-corrected chi connectivity index (χ3v) is 7.66. The summed E-state index contributed by atoms with van der Waals surface area (Å²) in [5, 5.41) is 3.40. The van der Waals surface area contributed by atoms with Crippen LogP contribution >= 0.6 is 33.2 Å². The topological polar surface area (TPSA) is 51.2 Å². The van der Waals surface area contributed by atoms with Crippen LogP contribution in [0.1, 0.15) is 36.8 Å². The Morgan fingerprint density at radius 3 is 2.20 bits per heavy atom. The monoisotopic (exact) mass is 458 g/mol. The molecule has 7 heteroatoms. The standard InChI is InChI=1S/C23H23ClN2O2S2/c1-15-5-9-17(10-6-15)28-18-11-7-16(8-12-18)26-22(27)20-21(19(24)13-14-25-20)29-30-23(2,3)4/h5-14H,1-4H3,(H,26,27). The van der Waals surface area contributed by atoms with Gasteiger partial charge in [0.05, 0.1) is 9.92 Å². The first-order valence-electron chi connectivity index (χ1n) is 9.37. The van der Waals surface area contributed by atoms with Gasteiger partial charge in [0.25, 0.3) is 5.91 Å². The number of aryl methyl sites for hydroxylation is 1. The van der Waals surface area contributed by atoms with Gasteiger partial charge < -0.3 is 10.1 Å². The van der Waals surface area contributed by atoms with E-state index in [2.05, 4.69) is 31.1 Å². The molecule has 3 aromatic rings. The lowest BCUT2D eigenvalue weighted by Gasteiger charge is -2.18. The Hall–Kier alpha value is -2.15. The van der Waals surface area contributed by atoms with Gasteiger partial charge in [0.15, 0.2) is 0 Å². The van der Waals surface area contributed by atoms with E-state index in [1.807, 2.05) is 43.3 Å². The quantitative estimate of drug-likeness (QED) is 0.385. The summed E-state index contributed by atoms with van der Waals surface area (Å²) in [5.74, 6) is 1.15. The molecule has 0 radical (unpaired) electrons. The number of carbonyl (C=O) groups excluding carboxylic acids is 1. The summed E-state index contributed by atoms with van der Waals surface area (Å²) < 4.78 is 5.85. The lowest BCUT2D eigenvalue weighted by atomic mass is 10.2. The molecule has 0 spiro atoms. The lowest BCUT2D eigenvalue weighted by Crippen LogP contribution is -2.15. The van der Waals surface area contributed by atoms with E-state index in [-0.39, 0.29) is 10.7 Å². The number of carbonyl (C=O) groups is 1. The highest BCUT2D eigenvalue weighted by Crippen LogP contribution is 2.44. The molecule has 0 aliphatic rings. The van der Waals surface area contributed by atoms with Gasteiger partial charge in [0, 0.05) is 16.6 Å². The van der Waals surface area contributed by atoms with Crippen molar-refractivity contribution in [3.05, 3.63) is 77.1 Å². The predicted octanol–water partition coefficient (Wildman–Crippen LogP) is 7.63. The van der Waals surface area contributed by atoms with E-state index < -0.39 is 0 Å². The van der Waals surface area contributed by atoms with Crippen molar-refractivity contribution in [1.29, 1.82) is 0 Å². The van der Waals surface area contributed by atoms with Crippen LogP contribution < -0.4 is 10.1 Å². The van der Waals surface area contributed by atoms with Crippen molar-refractivity contribution in [3.63, 3.8) is 0 Å². The maximum Gasteiger partial charge on any atom is 0.275 e.